The fraction of sp³-hybridized carbons (Fsp3) is 0.286. The van der Waals surface area contributed by atoms with Crippen molar-refractivity contribution in [1.29, 1.82) is 0 Å². The van der Waals surface area contributed by atoms with Crippen LogP contribution in [0.5, 0.6) is 0 Å². The van der Waals surface area contributed by atoms with E-state index in [0.717, 1.165) is 11.9 Å². The molecule has 1 N–H and O–H groups in total. The minimum Gasteiger partial charge on any atom is -0.478 e. The van der Waals surface area contributed by atoms with Crippen molar-refractivity contribution in [3.05, 3.63) is 41.5 Å². The molecule has 0 spiro atoms. The lowest BCUT2D eigenvalue weighted by Gasteiger charge is -2.13. The monoisotopic (exact) mass is 308 g/mol. The third kappa shape index (κ3) is 2.97. The Morgan fingerprint density at radius 1 is 1.38 bits per heavy atom. The average Bonchev–Trinajstić information content (AvgIpc) is 2.82. The number of aromatic nitrogens is 2. The third-order valence-corrected chi connectivity index (χ3v) is 4.31. The van der Waals surface area contributed by atoms with Gasteiger partial charge in [-0.2, -0.15) is 0 Å². The van der Waals surface area contributed by atoms with Crippen LogP contribution in [0, 0.1) is 6.92 Å². The van der Waals surface area contributed by atoms with E-state index in [-0.39, 0.29) is 10.5 Å². The Bertz CT molecular complexity index is 806. The molecule has 0 radical (unpaired) electrons. The van der Waals surface area contributed by atoms with Crippen molar-refractivity contribution >= 4 is 15.8 Å². The predicted molar refractivity (Wildman–Crippen MR) is 77.7 cm³/mol. The molecule has 1 aromatic heterocycles. The number of aryl methyl sites for hydroxylation is 2. The van der Waals surface area contributed by atoms with Gasteiger partial charge in [0, 0.05) is 12.5 Å². The fourth-order valence-electron chi connectivity index (χ4n) is 2.15. The summed E-state index contributed by atoms with van der Waals surface area (Å²) in [6, 6.07) is 2.82. The van der Waals surface area contributed by atoms with Gasteiger partial charge in [0.05, 0.1) is 28.2 Å². The first kappa shape index (κ1) is 15.2. The highest BCUT2D eigenvalue weighted by Gasteiger charge is 2.21. The first-order valence-electron chi connectivity index (χ1n) is 6.35. The molecule has 1 heterocycles. The van der Waals surface area contributed by atoms with Crippen molar-refractivity contribution in [2.75, 3.05) is 6.26 Å². The van der Waals surface area contributed by atoms with Gasteiger partial charge in [0.2, 0.25) is 0 Å². The van der Waals surface area contributed by atoms with E-state index >= 15 is 0 Å². The van der Waals surface area contributed by atoms with Gasteiger partial charge in [-0.1, -0.05) is 6.92 Å². The molecule has 0 saturated heterocycles. The van der Waals surface area contributed by atoms with Crippen LogP contribution in [0.2, 0.25) is 0 Å². The summed E-state index contributed by atoms with van der Waals surface area (Å²) in [5.41, 5.74) is 1.75. The maximum atomic E-state index is 12.0. The molecule has 0 aliphatic heterocycles. The number of aromatic carboxylic acids is 1. The molecule has 0 unspecified atom stereocenters. The molecule has 1 aromatic carbocycles. The molecular formula is C14H16N2O4S. The van der Waals surface area contributed by atoms with Crippen LogP contribution in [0.3, 0.4) is 0 Å². The van der Waals surface area contributed by atoms with Crippen LogP contribution in [0.4, 0.5) is 0 Å². The van der Waals surface area contributed by atoms with Gasteiger partial charge in [-0.15, -0.1) is 0 Å². The highest BCUT2D eigenvalue weighted by molar-refractivity contribution is 7.90. The number of hydrogen-bond donors (Lipinski definition) is 1. The Kier molecular flexibility index (Phi) is 3.87. The van der Waals surface area contributed by atoms with Crippen LogP contribution in [-0.2, 0) is 16.3 Å². The molecule has 2 aromatic rings. The number of hydrogen-bond acceptors (Lipinski definition) is 4. The summed E-state index contributed by atoms with van der Waals surface area (Å²) in [6.07, 6.45) is 4.77. The van der Waals surface area contributed by atoms with E-state index in [4.69, 9.17) is 0 Å². The van der Waals surface area contributed by atoms with Gasteiger partial charge >= 0.3 is 5.97 Å². The average molecular weight is 308 g/mol. The Morgan fingerprint density at radius 2 is 2.05 bits per heavy atom. The van der Waals surface area contributed by atoms with Crippen molar-refractivity contribution in [2.24, 2.45) is 0 Å². The van der Waals surface area contributed by atoms with E-state index < -0.39 is 15.8 Å². The Balaban J connectivity index is 2.82. The quantitative estimate of drug-likeness (QED) is 0.931. The number of nitrogens with zero attached hydrogens (tertiary/aromatic N) is 2. The minimum atomic E-state index is -3.57. The zero-order valence-electron chi connectivity index (χ0n) is 12.0. The molecule has 0 aliphatic carbocycles. The Hall–Kier alpha value is -2.15. The molecule has 0 aliphatic rings. The van der Waals surface area contributed by atoms with Crippen LogP contribution in [0.1, 0.15) is 28.5 Å². The van der Waals surface area contributed by atoms with E-state index in [1.165, 1.54) is 12.4 Å². The molecule has 0 saturated carbocycles. The number of sulfone groups is 1. The minimum absolute atomic E-state index is 0.0125. The summed E-state index contributed by atoms with van der Waals surface area (Å²) >= 11 is 0. The lowest BCUT2D eigenvalue weighted by molar-refractivity contribution is 0.0695. The van der Waals surface area contributed by atoms with Crippen LogP contribution in [0.25, 0.3) is 5.69 Å². The van der Waals surface area contributed by atoms with Crippen LogP contribution < -0.4 is 0 Å². The van der Waals surface area contributed by atoms with E-state index in [9.17, 15) is 18.3 Å². The van der Waals surface area contributed by atoms with Crippen molar-refractivity contribution in [3.63, 3.8) is 0 Å². The summed E-state index contributed by atoms with van der Waals surface area (Å²) < 4.78 is 25.6. The molecule has 7 heteroatoms. The number of rotatable bonds is 4. The van der Waals surface area contributed by atoms with E-state index in [1.54, 1.807) is 23.8 Å². The predicted octanol–water partition coefficient (Wildman–Crippen LogP) is 1.84. The van der Waals surface area contributed by atoms with Gasteiger partial charge in [-0.25, -0.2) is 18.2 Å². The SMILES string of the molecule is CCc1cc(-n2cnc(C)c2)c(S(C)(=O)=O)cc1C(=O)O. The number of carboxylic acids is 1. The number of imidazole rings is 1. The third-order valence-electron chi connectivity index (χ3n) is 3.19. The molecule has 21 heavy (non-hydrogen) atoms. The molecule has 6 nitrogen and oxygen atoms in total. The van der Waals surface area contributed by atoms with Crippen molar-refractivity contribution in [1.82, 2.24) is 9.55 Å². The van der Waals surface area contributed by atoms with E-state index in [1.807, 2.05) is 6.92 Å². The van der Waals surface area contributed by atoms with Gasteiger partial charge < -0.3 is 9.67 Å². The number of carbonyl (C=O) groups is 1. The summed E-state index contributed by atoms with van der Waals surface area (Å²) in [5, 5.41) is 9.24. The second-order valence-corrected chi connectivity index (χ2v) is 6.81. The first-order chi connectivity index (χ1) is 9.74. The highest BCUT2D eigenvalue weighted by Crippen LogP contribution is 2.25. The fourth-order valence-corrected chi connectivity index (χ4v) is 3.03. The summed E-state index contributed by atoms with van der Waals surface area (Å²) in [5.74, 6) is -1.13. The van der Waals surface area contributed by atoms with Crippen molar-refractivity contribution in [2.45, 2.75) is 25.2 Å². The van der Waals surface area contributed by atoms with Crippen molar-refractivity contribution in [3.8, 4) is 5.69 Å². The molecule has 112 valence electrons. The van der Waals surface area contributed by atoms with E-state index in [0.29, 0.717) is 17.7 Å². The second kappa shape index (κ2) is 5.33. The smallest absolute Gasteiger partial charge is 0.336 e. The van der Waals surface area contributed by atoms with Crippen LogP contribution >= 0.6 is 0 Å². The topological polar surface area (TPSA) is 89.3 Å². The van der Waals surface area contributed by atoms with Gasteiger partial charge in [-0.3, -0.25) is 0 Å². The molecular weight excluding hydrogens is 292 g/mol. The standard InChI is InChI=1S/C14H16N2O4S/c1-4-10-5-12(16-7-9(2)15-8-16)13(21(3,19)20)6-11(10)14(17)18/h5-8H,4H2,1-3H3,(H,17,18). The van der Waals surface area contributed by atoms with Crippen LogP contribution in [0.15, 0.2) is 29.6 Å². The van der Waals surface area contributed by atoms with Crippen LogP contribution in [-0.4, -0.2) is 35.3 Å². The normalized spacial score (nSPS) is 11.6. The lowest BCUT2D eigenvalue weighted by atomic mass is 10.0. The highest BCUT2D eigenvalue weighted by atomic mass is 32.2. The van der Waals surface area contributed by atoms with Gasteiger partial charge in [0.25, 0.3) is 0 Å². The zero-order valence-corrected chi connectivity index (χ0v) is 12.8. The maximum absolute atomic E-state index is 12.0. The molecule has 0 bridgehead atoms. The summed E-state index contributed by atoms with van der Waals surface area (Å²) in [6.45, 7) is 3.62. The maximum Gasteiger partial charge on any atom is 0.336 e. The van der Waals surface area contributed by atoms with Crippen molar-refractivity contribution < 1.29 is 18.3 Å². The van der Waals surface area contributed by atoms with E-state index in [2.05, 4.69) is 4.98 Å². The summed E-state index contributed by atoms with van der Waals surface area (Å²) in [7, 11) is -3.57. The van der Waals surface area contributed by atoms with Gasteiger partial charge in [0.15, 0.2) is 9.84 Å². The number of benzene rings is 1. The van der Waals surface area contributed by atoms with Gasteiger partial charge in [0.1, 0.15) is 0 Å². The summed E-state index contributed by atoms with van der Waals surface area (Å²) in [4.78, 5) is 15.4. The Labute approximate surface area is 123 Å². The first-order valence-corrected chi connectivity index (χ1v) is 8.24. The zero-order chi connectivity index (χ0) is 15.8. The lowest BCUT2D eigenvalue weighted by Crippen LogP contribution is -2.10. The largest absolute Gasteiger partial charge is 0.478 e. The molecule has 2 rings (SSSR count). The molecule has 0 atom stereocenters. The second-order valence-electron chi connectivity index (χ2n) is 4.83. The van der Waals surface area contributed by atoms with Gasteiger partial charge in [-0.05, 0) is 31.0 Å². The molecule has 0 amide bonds. The number of carboxylic acid groups (broad SMARTS) is 1. The molecule has 0 fully saturated rings. The Morgan fingerprint density at radius 3 is 2.48 bits per heavy atom.